The molecule has 4 heterocycles. The molecule has 0 saturated carbocycles. The van der Waals surface area contributed by atoms with Crippen LogP contribution in [0.2, 0.25) is 0 Å². The summed E-state index contributed by atoms with van der Waals surface area (Å²) in [5, 5.41) is 6.57. The molecule has 0 bridgehead atoms. The maximum absolute atomic E-state index is 13.6. The van der Waals surface area contributed by atoms with Crippen LogP contribution in [0, 0.1) is 5.92 Å². The van der Waals surface area contributed by atoms with Crippen LogP contribution in [-0.2, 0) is 33.7 Å². The Balaban J connectivity index is 1.58. The Morgan fingerprint density at radius 1 is 0.872 bits per heavy atom. The topological polar surface area (TPSA) is 71.7 Å². The molecule has 0 unspecified atom stereocenters. The fourth-order valence-electron chi connectivity index (χ4n) is 5.49. The van der Waals surface area contributed by atoms with Gasteiger partial charge in [0.2, 0.25) is 0 Å². The molecule has 2 aromatic carbocycles. The maximum Gasteiger partial charge on any atom is 0.332 e. The van der Waals surface area contributed by atoms with Crippen LogP contribution in [0.15, 0.2) is 88.7 Å². The van der Waals surface area contributed by atoms with Crippen LogP contribution in [0.5, 0.6) is 0 Å². The average molecular weight is 521 g/mol. The number of benzene rings is 2. The van der Waals surface area contributed by atoms with E-state index in [2.05, 4.69) is 67.1 Å². The second-order valence-electron chi connectivity index (χ2n) is 10.6. The van der Waals surface area contributed by atoms with Crippen LogP contribution < -0.4 is 11.2 Å². The molecule has 0 fully saturated rings. The van der Waals surface area contributed by atoms with Crippen LogP contribution >= 0.6 is 0 Å². The number of rotatable bonds is 7. The van der Waals surface area contributed by atoms with Crippen molar-refractivity contribution < 1.29 is 0 Å². The zero-order valence-corrected chi connectivity index (χ0v) is 22.7. The lowest BCUT2D eigenvalue weighted by molar-refractivity contribution is 0.498. The highest BCUT2D eigenvalue weighted by Gasteiger charge is 2.24. The molecule has 0 spiro atoms. The van der Waals surface area contributed by atoms with Crippen molar-refractivity contribution in [3.63, 3.8) is 0 Å². The van der Waals surface area contributed by atoms with E-state index in [4.69, 9.17) is 5.10 Å². The highest BCUT2D eigenvalue weighted by molar-refractivity contribution is 5.90. The highest BCUT2D eigenvalue weighted by atomic mass is 16.2. The summed E-state index contributed by atoms with van der Waals surface area (Å²) in [6.07, 6.45) is 4.14. The van der Waals surface area contributed by atoms with Crippen LogP contribution in [0.25, 0.3) is 33.3 Å². The van der Waals surface area contributed by atoms with Crippen LogP contribution in [0.1, 0.15) is 25.0 Å². The zero-order chi connectivity index (χ0) is 27.3. The van der Waals surface area contributed by atoms with E-state index in [0.29, 0.717) is 24.1 Å². The number of fused-ring (bicyclic) bond motifs is 2. The van der Waals surface area contributed by atoms with Gasteiger partial charge < -0.3 is 9.13 Å². The van der Waals surface area contributed by atoms with E-state index in [1.807, 2.05) is 46.8 Å². The van der Waals surface area contributed by atoms with Crippen molar-refractivity contribution in [3.05, 3.63) is 111 Å². The number of nitrogens with zero attached hydrogens (tertiary/aromatic N) is 6. The second-order valence-corrected chi connectivity index (χ2v) is 10.6. The summed E-state index contributed by atoms with van der Waals surface area (Å²) in [7, 11) is 3.50. The van der Waals surface area contributed by atoms with Gasteiger partial charge in [-0.15, -0.1) is 0 Å². The number of aromatic nitrogens is 6. The summed E-state index contributed by atoms with van der Waals surface area (Å²) < 4.78 is 8.99. The number of aryl methyl sites for hydroxylation is 1. The lowest BCUT2D eigenvalue weighted by Crippen LogP contribution is -2.38. The Bertz CT molecular complexity index is 1930. The van der Waals surface area contributed by atoms with Gasteiger partial charge in [-0.1, -0.05) is 62.4 Å². The number of hydrogen-bond donors (Lipinski definition) is 0. The molecule has 8 nitrogen and oxygen atoms in total. The van der Waals surface area contributed by atoms with E-state index >= 15 is 0 Å². The van der Waals surface area contributed by atoms with Crippen molar-refractivity contribution in [1.29, 1.82) is 0 Å². The van der Waals surface area contributed by atoms with Crippen molar-refractivity contribution in [3.8, 4) is 11.4 Å². The van der Waals surface area contributed by atoms with E-state index in [1.165, 1.54) is 10.1 Å². The SMILES string of the molecule is CC(C)Cn1c(=O)n(C)c(=O)c2c(-c3cccn3C)n(Cc3cn(Cc4ccccc4)c4ccccc34)nc21. The molecular weight excluding hydrogens is 488 g/mol. The van der Waals surface area contributed by atoms with Gasteiger partial charge >= 0.3 is 5.69 Å². The molecule has 6 aromatic rings. The van der Waals surface area contributed by atoms with Gasteiger partial charge in [-0.3, -0.25) is 18.6 Å². The predicted octanol–water partition coefficient (Wildman–Crippen LogP) is 4.61. The lowest BCUT2D eigenvalue weighted by Gasteiger charge is -2.11. The molecule has 0 aliphatic carbocycles. The largest absolute Gasteiger partial charge is 0.349 e. The Kier molecular flexibility index (Phi) is 6.10. The lowest BCUT2D eigenvalue weighted by atomic mass is 10.1. The Morgan fingerprint density at radius 2 is 1.62 bits per heavy atom. The van der Waals surface area contributed by atoms with Gasteiger partial charge in [0.1, 0.15) is 11.1 Å². The third-order valence-corrected chi connectivity index (χ3v) is 7.35. The van der Waals surface area contributed by atoms with Crippen molar-refractivity contribution in [1.82, 2.24) is 28.0 Å². The molecule has 0 amide bonds. The van der Waals surface area contributed by atoms with E-state index < -0.39 is 0 Å². The van der Waals surface area contributed by atoms with Gasteiger partial charge in [-0.05, 0) is 35.2 Å². The predicted molar refractivity (Wildman–Crippen MR) is 155 cm³/mol. The fraction of sp³-hybridized carbons (Fsp3) is 0.258. The van der Waals surface area contributed by atoms with Crippen molar-refractivity contribution in [2.24, 2.45) is 20.0 Å². The van der Waals surface area contributed by atoms with Crippen LogP contribution in [0.4, 0.5) is 0 Å². The van der Waals surface area contributed by atoms with Crippen molar-refractivity contribution in [2.45, 2.75) is 33.5 Å². The third-order valence-electron chi connectivity index (χ3n) is 7.35. The fourth-order valence-corrected chi connectivity index (χ4v) is 5.49. The standard InChI is InChI=1S/C31H32N6O2/c1-21(2)17-36-29-27(30(38)34(4)31(36)39)28(26-15-10-16-33(26)3)37(32-29)20-23-19-35(18-22-11-6-5-7-12-22)25-14-9-8-13-24(23)25/h5-16,19,21H,17-18,20H2,1-4H3. The molecule has 0 radical (unpaired) electrons. The monoisotopic (exact) mass is 520 g/mol. The minimum atomic E-state index is -0.344. The van der Waals surface area contributed by atoms with Gasteiger partial charge in [0.15, 0.2) is 5.65 Å². The minimum Gasteiger partial charge on any atom is -0.349 e. The molecule has 0 N–H and O–H groups in total. The number of hydrogen-bond acceptors (Lipinski definition) is 3. The molecule has 198 valence electrons. The van der Waals surface area contributed by atoms with Crippen molar-refractivity contribution in [2.75, 3.05) is 0 Å². The van der Waals surface area contributed by atoms with Gasteiger partial charge in [0, 0.05) is 50.5 Å². The van der Waals surface area contributed by atoms with Crippen molar-refractivity contribution >= 4 is 21.9 Å². The normalized spacial score (nSPS) is 11.8. The molecule has 4 aromatic heterocycles. The van der Waals surface area contributed by atoms with E-state index in [0.717, 1.165) is 34.4 Å². The smallest absolute Gasteiger partial charge is 0.332 e. The first kappa shape index (κ1) is 24.7. The summed E-state index contributed by atoms with van der Waals surface area (Å²) in [4.78, 5) is 26.8. The minimum absolute atomic E-state index is 0.211. The zero-order valence-electron chi connectivity index (χ0n) is 22.7. The van der Waals surface area contributed by atoms with Crippen LogP contribution in [0.3, 0.4) is 0 Å². The molecule has 0 aliphatic heterocycles. The third kappa shape index (κ3) is 4.22. The first-order chi connectivity index (χ1) is 18.8. The highest BCUT2D eigenvalue weighted by Crippen LogP contribution is 2.30. The van der Waals surface area contributed by atoms with Gasteiger partial charge in [0.25, 0.3) is 5.56 Å². The first-order valence-electron chi connectivity index (χ1n) is 13.3. The Hall–Kier alpha value is -4.59. The molecule has 0 atom stereocenters. The molecular formula is C31H32N6O2. The number of para-hydroxylation sites is 1. The molecule has 0 aliphatic rings. The summed E-state index contributed by atoms with van der Waals surface area (Å²) in [6.45, 7) is 5.79. The maximum atomic E-state index is 13.6. The van der Waals surface area contributed by atoms with Crippen LogP contribution in [-0.4, -0.2) is 28.0 Å². The van der Waals surface area contributed by atoms with Gasteiger partial charge in [0.05, 0.1) is 12.2 Å². The molecule has 8 heteroatoms. The summed E-state index contributed by atoms with van der Waals surface area (Å²) >= 11 is 0. The quantitative estimate of drug-likeness (QED) is 0.309. The Morgan fingerprint density at radius 3 is 2.33 bits per heavy atom. The Labute approximate surface area is 226 Å². The summed E-state index contributed by atoms with van der Waals surface area (Å²) in [5.74, 6) is 0.211. The summed E-state index contributed by atoms with van der Waals surface area (Å²) in [6, 6.07) is 22.7. The summed E-state index contributed by atoms with van der Waals surface area (Å²) in [5.41, 5.74) is 4.81. The second kappa shape index (κ2) is 9.62. The molecule has 0 saturated heterocycles. The first-order valence-corrected chi connectivity index (χ1v) is 13.3. The van der Waals surface area contributed by atoms with E-state index in [9.17, 15) is 9.59 Å². The van der Waals surface area contributed by atoms with E-state index in [1.54, 1.807) is 11.6 Å². The average Bonchev–Trinajstić information content (AvgIpc) is 3.61. The van der Waals surface area contributed by atoms with Gasteiger partial charge in [-0.2, -0.15) is 5.10 Å². The van der Waals surface area contributed by atoms with E-state index in [-0.39, 0.29) is 17.2 Å². The molecule has 6 rings (SSSR count). The van der Waals surface area contributed by atoms with Gasteiger partial charge in [-0.25, -0.2) is 4.79 Å². The molecule has 39 heavy (non-hydrogen) atoms.